The number of fused-ring (bicyclic) bond motifs is 2. The first-order valence-electron chi connectivity index (χ1n) is 8.69. The lowest BCUT2D eigenvalue weighted by Gasteiger charge is -2.26. The van der Waals surface area contributed by atoms with Crippen LogP contribution in [0.2, 0.25) is 0 Å². The Labute approximate surface area is 142 Å². The van der Waals surface area contributed by atoms with Crippen LogP contribution < -0.4 is 14.4 Å². The van der Waals surface area contributed by atoms with E-state index in [0.717, 1.165) is 35.5 Å². The van der Waals surface area contributed by atoms with Gasteiger partial charge in [0.25, 0.3) is 0 Å². The van der Waals surface area contributed by atoms with Crippen LogP contribution in [0, 0.1) is 0 Å². The molecule has 2 heterocycles. The molecular weight excluding hydrogens is 302 g/mol. The number of rotatable bonds is 5. The second kappa shape index (κ2) is 6.02. The van der Waals surface area contributed by atoms with Crippen LogP contribution in [0.4, 0.5) is 5.69 Å². The van der Waals surface area contributed by atoms with Gasteiger partial charge in [-0.1, -0.05) is 44.0 Å². The minimum absolute atomic E-state index is 0.247. The Morgan fingerprint density at radius 3 is 2.79 bits per heavy atom. The topological polar surface area (TPSA) is 41.9 Å². The van der Waals surface area contributed by atoms with Crippen molar-refractivity contribution in [3.05, 3.63) is 53.6 Å². The summed E-state index contributed by atoms with van der Waals surface area (Å²) in [7, 11) is 0. The molecule has 0 saturated heterocycles. The number of ether oxygens (including phenoxy) is 2. The first-order chi connectivity index (χ1) is 11.7. The van der Waals surface area contributed by atoms with Crippen LogP contribution >= 0.6 is 0 Å². The Hall–Kier alpha value is -2.20. The fourth-order valence-corrected chi connectivity index (χ4v) is 3.70. The number of para-hydroxylation sites is 1. The molecule has 2 aromatic rings. The average molecular weight is 325 g/mol. The van der Waals surface area contributed by atoms with Gasteiger partial charge in [-0.15, -0.1) is 0 Å². The molecule has 0 fully saturated rings. The number of unbranched alkanes of at least 4 members (excludes halogenated alkanes) is 2. The summed E-state index contributed by atoms with van der Waals surface area (Å²) in [5.74, 6) is 1.45. The molecule has 1 atom stereocenters. The van der Waals surface area contributed by atoms with Crippen molar-refractivity contribution in [2.24, 2.45) is 0 Å². The van der Waals surface area contributed by atoms with Gasteiger partial charge in [0.1, 0.15) is 5.60 Å². The normalized spacial score (nSPS) is 21.2. The number of nitrogens with zero attached hydrogens (tertiary/aromatic N) is 1. The molecule has 4 heteroatoms. The zero-order valence-electron chi connectivity index (χ0n) is 14.0. The largest absolute Gasteiger partial charge is 0.454 e. The smallest absolute Gasteiger partial charge is 0.231 e. The summed E-state index contributed by atoms with van der Waals surface area (Å²) in [5.41, 5.74) is 1.95. The third kappa shape index (κ3) is 2.42. The maximum Gasteiger partial charge on any atom is 0.231 e. The second-order valence-corrected chi connectivity index (χ2v) is 6.57. The van der Waals surface area contributed by atoms with Crippen LogP contribution in [0.15, 0.2) is 42.5 Å². The lowest BCUT2D eigenvalue weighted by Crippen LogP contribution is -2.34. The van der Waals surface area contributed by atoms with Gasteiger partial charge in [-0.05, 0) is 30.2 Å². The number of aliphatic hydroxyl groups is 1. The van der Waals surface area contributed by atoms with Gasteiger partial charge in [0.05, 0.1) is 6.54 Å². The fraction of sp³-hybridized carbons (Fsp3) is 0.400. The van der Waals surface area contributed by atoms with Gasteiger partial charge in [-0.2, -0.15) is 0 Å². The molecule has 4 rings (SSSR count). The van der Waals surface area contributed by atoms with Crippen molar-refractivity contribution < 1.29 is 14.6 Å². The Balaban J connectivity index is 1.69. The van der Waals surface area contributed by atoms with Crippen LogP contribution in [0.25, 0.3) is 0 Å². The highest BCUT2D eigenvalue weighted by Gasteiger charge is 2.42. The monoisotopic (exact) mass is 325 g/mol. The van der Waals surface area contributed by atoms with E-state index in [1.165, 1.54) is 12.8 Å². The molecule has 0 spiro atoms. The van der Waals surface area contributed by atoms with Crippen LogP contribution in [-0.2, 0) is 5.60 Å². The SMILES string of the molecule is CCCCCN1CC(O)(c2ccc3c(c2)OCO3)c2ccccc21. The van der Waals surface area contributed by atoms with Crippen molar-refractivity contribution in [1.82, 2.24) is 0 Å². The zero-order chi connectivity index (χ0) is 16.6. The summed E-state index contributed by atoms with van der Waals surface area (Å²) in [6.07, 6.45) is 3.55. The molecule has 0 saturated carbocycles. The molecular formula is C20H23NO3. The molecule has 0 radical (unpaired) electrons. The molecule has 126 valence electrons. The summed E-state index contributed by atoms with van der Waals surface area (Å²) in [6.45, 7) is 4.01. The van der Waals surface area contributed by atoms with Gasteiger partial charge in [0.2, 0.25) is 6.79 Å². The van der Waals surface area contributed by atoms with Crippen molar-refractivity contribution in [1.29, 1.82) is 0 Å². The molecule has 2 aliphatic heterocycles. The Kier molecular flexibility index (Phi) is 3.85. The lowest BCUT2D eigenvalue weighted by molar-refractivity contribution is 0.0976. The maximum absolute atomic E-state index is 11.5. The number of benzene rings is 2. The highest BCUT2D eigenvalue weighted by atomic mass is 16.7. The van der Waals surface area contributed by atoms with Crippen LogP contribution in [0.3, 0.4) is 0 Å². The molecule has 2 aliphatic rings. The summed E-state index contributed by atoms with van der Waals surface area (Å²) in [5, 5.41) is 11.5. The van der Waals surface area contributed by atoms with Crippen LogP contribution in [-0.4, -0.2) is 25.0 Å². The van der Waals surface area contributed by atoms with E-state index in [2.05, 4.69) is 17.9 Å². The zero-order valence-corrected chi connectivity index (χ0v) is 14.0. The van der Waals surface area contributed by atoms with Gasteiger partial charge < -0.3 is 19.5 Å². The fourth-order valence-electron chi connectivity index (χ4n) is 3.70. The first kappa shape index (κ1) is 15.3. The summed E-state index contributed by atoms with van der Waals surface area (Å²) < 4.78 is 10.9. The molecule has 0 bridgehead atoms. The Bertz CT molecular complexity index is 745. The van der Waals surface area contributed by atoms with Crippen molar-refractivity contribution in [2.45, 2.75) is 31.8 Å². The summed E-state index contributed by atoms with van der Waals surface area (Å²) in [6, 6.07) is 13.9. The standard InChI is InChI=1S/C20H23NO3/c1-2-3-6-11-21-13-20(22,16-7-4-5-8-17(16)21)15-9-10-18-19(12-15)24-14-23-18/h4-5,7-10,12,22H,2-3,6,11,13-14H2,1H3. The minimum atomic E-state index is -1.01. The van der Waals surface area contributed by atoms with Gasteiger partial charge in [0, 0.05) is 17.8 Å². The summed E-state index contributed by atoms with van der Waals surface area (Å²) in [4.78, 5) is 2.30. The molecule has 4 nitrogen and oxygen atoms in total. The number of hydrogen-bond donors (Lipinski definition) is 1. The van der Waals surface area contributed by atoms with Gasteiger partial charge in [-0.3, -0.25) is 0 Å². The van der Waals surface area contributed by atoms with Gasteiger partial charge in [-0.25, -0.2) is 0 Å². The van der Waals surface area contributed by atoms with Crippen molar-refractivity contribution in [3.63, 3.8) is 0 Å². The van der Waals surface area contributed by atoms with Crippen LogP contribution in [0.1, 0.15) is 37.3 Å². The van der Waals surface area contributed by atoms with Crippen LogP contribution in [0.5, 0.6) is 11.5 Å². The molecule has 0 aromatic heterocycles. The summed E-state index contributed by atoms with van der Waals surface area (Å²) >= 11 is 0. The van der Waals surface area contributed by atoms with E-state index in [4.69, 9.17) is 9.47 Å². The average Bonchev–Trinajstić information content (AvgIpc) is 3.19. The number of anilines is 1. The third-order valence-electron chi connectivity index (χ3n) is 4.99. The predicted molar refractivity (Wildman–Crippen MR) is 93.7 cm³/mol. The van der Waals surface area contributed by atoms with E-state index in [9.17, 15) is 5.11 Å². The molecule has 24 heavy (non-hydrogen) atoms. The molecule has 0 aliphatic carbocycles. The maximum atomic E-state index is 11.5. The van der Waals surface area contributed by atoms with E-state index < -0.39 is 5.60 Å². The molecule has 1 unspecified atom stereocenters. The number of hydrogen-bond acceptors (Lipinski definition) is 4. The molecule has 2 aromatic carbocycles. The van der Waals surface area contributed by atoms with Crippen molar-refractivity contribution in [2.75, 3.05) is 24.8 Å². The van der Waals surface area contributed by atoms with Gasteiger partial charge >= 0.3 is 0 Å². The lowest BCUT2D eigenvalue weighted by atomic mass is 9.88. The second-order valence-electron chi connectivity index (χ2n) is 6.57. The van der Waals surface area contributed by atoms with Crippen molar-refractivity contribution in [3.8, 4) is 11.5 Å². The third-order valence-corrected chi connectivity index (χ3v) is 4.99. The highest BCUT2D eigenvalue weighted by molar-refractivity contribution is 5.65. The van der Waals surface area contributed by atoms with Gasteiger partial charge in [0.15, 0.2) is 11.5 Å². The molecule has 0 amide bonds. The Morgan fingerprint density at radius 1 is 1.08 bits per heavy atom. The highest BCUT2D eigenvalue weighted by Crippen LogP contribution is 2.45. The first-order valence-corrected chi connectivity index (χ1v) is 8.69. The van der Waals surface area contributed by atoms with E-state index >= 15 is 0 Å². The van der Waals surface area contributed by atoms with E-state index in [-0.39, 0.29) is 6.79 Å². The number of β-amino-alcohol motifs (C(OH)–C–C–N with tert-alkyl or cyclic N) is 1. The molecule has 1 N–H and O–H groups in total. The minimum Gasteiger partial charge on any atom is -0.454 e. The predicted octanol–water partition coefficient (Wildman–Crippen LogP) is 3.66. The van der Waals surface area contributed by atoms with E-state index in [1.54, 1.807) is 0 Å². The van der Waals surface area contributed by atoms with Crippen molar-refractivity contribution >= 4 is 5.69 Å². The Morgan fingerprint density at radius 2 is 1.92 bits per heavy atom. The van der Waals surface area contributed by atoms with E-state index in [0.29, 0.717) is 12.3 Å². The quantitative estimate of drug-likeness (QED) is 0.852. The van der Waals surface area contributed by atoms with E-state index in [1.807, 2.05) is 36.4 Å².